The zero-order valence-electron chi connectivity index (χ0n) is 24.5. The lowest BCUT2D eigenvalue weighted by molar-refractivity contribution is -0.133. The number of fused-ring (bicyclic) bond motifs is 2. The third-order valence-corrected chi connectivity index (χ3v) is 8.07. The van der Waals surface area contributed by atoms with Crippen molar-refractivity contribution in [2.75, 3.05) is 30.4 Å². The molecule has 2 aromatic heterocycles. The molecule has 2 aromatic carbocycles. The number of hydrogen-bond acceptors (Lipinski definition) is 5. The van der Waals surface area contributed by atoms with Crippen LogP contribution >= 0.6 is 12.4 Å². The molecular weight excluding hydrogens is 550 g/mol. The SMILES string of the molecule is CN1C(=O)C(C)(C)CNc2ccc(C(CC=O)N(CCc3cccnc3)C(=O)Cc3cn(C)c4ccccc34)cc21.Cl. The predicted molar refractivity (Wildman–Crippen MR) is 169 cm³/mol. The second kappa shape index (κ2) is 12.8. The number of nitrogens with zero attached hydrogens (tertiary/aromatic N) is 4. The predicted octanol–water partition coefficient (Wildman–Crippen LogP) is 5.35. The second-order valence-electron chi connectivity index (χ2n) is 11.5. The number of aromatic nitrogens is 2. The van der Waals surface area contributed by atoms with Gasteiger partial charge in [0.25, 0.3) is 0 Å². The van der Waals surface area contributed by atoms with Crippen molar-refractivity contribution in [1.82, 2.24) is 14.5 Å². The minimum absolute atomic E-state index is 0. The van der Waals surface area contributed by atoms with Gasteiger partial charge in [-0.25, -0.2) is 0 Å². The molecule has 0 saturated heterocycles. The van der Waals surface area contributed by atoms with Gasteiger partial charge in [0, 0.05) is 63.1 Å². The molecule has 0 saturated carbocycles. The number of anilines is 2. The molecule has 1 atom stereocenters. The molecule has 9 heteroatoms. The average Bonchev–Trinajstić information content (AvgIpc) is 3.26. The Kier molecular flexibility index (Phi) is 9.36. The molecule has 0 aliphatic carbocycles. The van der Waals surface area contributed by atoms with Gasteiger partial charge in [-0.3, -0.25) is 14.6 Å². The Morgan fingerprint density at radius 2 is 1.93 bits per heavy atom. The maximum Gasteiger partial charge on any atom is 0.234 e. The van der Waals surface area contributed by atoms with Crippen LogP contribution in [0.2, 0.25) is 0 Å². The van der Waals surface area contributed by atoms with Gasteiger partial charge in [0.1, 0.15) is 6.29 Å². The lowest BCUT2D eigenvalue weighted by Gasteiger charge is -2.32. The summed E-state index contributed by atoms with van der Waals surface area (Å²) in [5.74, 6) is -0.0518. The fourth-order valence-electron chi connectivity index (χ4n) is 5.75. The van der Waals surface area contributed by atoms with E-state index in [1.165, 1.54) is 0 Å². The molecule has 1 aliphatic heterocycles. The van der Waals surface area contributed by atoms with Gasteiger partial charge in [-0.2, -0.15) is 0 Å². The van der Waals surface area contributed by atoms with Crippen molar-refractivity contribution in [2.24, 2.45) is 12.5 Å². The first-order valence-corrected chi connectivity index (χ1v) is 14.0. The molecular formula is C33H38ClN5O3. The fraction of sp³-hybridized carbons (Fsp3) is 0.333. The van der Waals surface area contributed by atoms with Gasteiger partial charge in [-0.15, -0.1) is 12.4 Å². The van der Waals surface area contributed by atoms with E-state index in [1.807, 2.05) is 91.2 Å². The first-order chi connectivity index (χ1) is 19.7. The Morgan fingerprint density at radius 1 is 1.14 bits per heavy atom. The number of hydrogen-bond donors (Lipinski definition) is 1. The summed E-state index contributed by atoms with van der Waals surface area (Å²) in [6, 6.07) is 17.3. The highest BCUT2D eigenvalue weighted by molar-refractivity contribution is 6.01. The normalized spacial score (nSPS) is 14.8. The van der Waals surface area contributed by atoms with Crippen LogP contribution in [0.5, 0.6) is 0 Å². The number of pyridine rings is 1. The average molecular weight is 588 g/mol. The van der Waals surface area contributed by atoms with Crippen LogP contribution in [0.3, 0.4) is 0 Å². The molecule has 42 heavy (non-hydrogen) atoms. The van der Waals surface area contributed by atoms with Gasteiger partial charge in [0.05, 0.1) is 29.3 Å². The maximum absolute atomic E-state index is 14.1. The van der Waals surface area contributed by atoms with Gasteiger partial charge >= 0.3 is 0 Å². The number of nitrogens with one attached hydrogen (secondary N) is 1. The highest BCUT2D eigenvalue weighted by atomic mass is 35.5. The van der Waals surface area contributed by atoms with Crippen molar-refractivity contribution >= 4 is 52.8 Å². The first-order valence-electron chi connectivity index (χ1n) is 14.0. The molecule has 220 valence electrons. The summed E-state index contributed by atoms with van der Waals surface area (Å²) in [4.78, 5) is 47.1. The highest BCUT2D eigenvalue weighted by Crippen LogP contribution is 2.37. The minimum atomic E-state index is -0.569. The van der Waals surface area contributed by atoms with Crippen molar-refractivity contribution in [2.45, 2.75) is 39.2 Å². The van der Waals surface area contributed by atoms with E-state index in [1.54, 1.807) is 24.3 Å². The Hall–Kier alpha value is -4.17. The maximum atomic E-state index is 14.1. The summed E-state index contributed by atoms with van der Waals surface area (Å²) >= 11 is 0. The highest BCUT2D eigenvalue weighted by Gasteiger charge is 2.35. The third kappa shape index (κ3) is 6.19. The van der Waals surface area contributed by atoms with E-state index >= 15 is 0 Å². The molecule has 8 nitrogen and oxygen atoms in total. The smallest absolute Gasteiger partial charge is 0.234 e. The van der Waals surface area contributed by atoms with E-state index in [0.717, 1.165) is 45.3 Å². The summed E-state index contributed by atoms with van der Waals surface area (Å²) in [5, 5.41) is 4.45. The molecule has 1 N–H and O–H groups in total. The summed E-state index contributed by atoms with van der Waals surface area (Å²) < 4.78 is 2.04. The molecule has 0 bridgehead atoms. The van der Waals surface area contributed by atoms with Crippen LogP contribution in [-0.4, -0.2) is 52.7 Å². The van der Waals surface area contributed by atoms with E-state index in [4.69, 9.17) is 0 Å². The number of carbonyl (C=O) groups excluding carboxylic acids is 3. The number of carbonyl (C=O) groups is 3. The van der Waals surface area contributed by atoms with Crippen LogP contribution in [-0.2, 0) is 34.3 Å². The van der Waals surface area contributed by atoms with Crippen LogP contribution in [0.1, 0.15) is 43.0 Å². The molecule has 1 aliphatic rings. The van der Waals surface area contributed by atoms with Gasteiger partial charge < -0.3 is 24.5 Å². The summed E-state index contributed by atoms with van der Waals surface area (Å²) in [5.41, 5.74) is 4.86. The molecule has 4 aromatic rings. The lowest BCUT2D eigenvalue weighted by atomic mass is 9.92. The van der Waals surface area contributed by atoms with Crippen molar-refractivity contribution in [1.29, 1.82) is 0 Å². The van der Waals surface area contributed by atoms with Crippen molar-refractivity contribution in [3.05, 3.63) is 89.9 Å². The Morgan fingerprint density at radius 3 is 2.67 bits per heavy atom. The standard InChI is InChI=1S/C33H37N5O3.ClH/c1-33(2)22-35-27-12-11-24(18-30(27)37(4)32(33)41)28(14-17-39)38(16-13-23-8-7-15-34-20-23)31(40)19-25-21-36(3)29-10-6-5-9-26(25)29;/h5-12,15,17-18,20-21,28,35H,13-14,16,19,22H2,1-4H3;1H. The van der Waals surface area contributed by atoms with Crippen molar-refractivity contribution in [3.63, 3.8) is 0 Å². The van der Waals surface area contributed by atoms with Crippen LogP contribution in [0.15, 0.2) is 73.2 Å². The van der Waals surface area contributed by atoms with Crippen molar-refractivity contribution < 1.29 is 14.4 Å². The third-order valence-electron chi connectivity index (χ3n) is 8.07. The number of aryl methyl sites for hydroxylation is 1. The van der Waals surface area contributed by atoms with Gasteiger partial charge in [-0.05, 0) is 61.2 Å². The van der Waals surface area contributed by atoms with Crippen molar-refractivity contribution in [3.8, 4) is 0 Å². The molecule has 2 amide bonds. The van der Waals surface area contributed by atoms with E-state index < -0.39 is 11.5 Å². The lowest BCUT2D eigenvalue weighted by Crippen LogP contribution is -2.40. The number of para-hydroxylation sites is 1. The molecule has 0 radical (unpaired) electrons. The van der Waals surface area contributed by atoms with Crippen LogP contribution in [0, 0.1) is 5.41 Å². The minimum Gasteiger partial charge on any atom is -0.382 e. The van der Waals surface area contributed by atoms with E-state index in [-0.39, 0.29) is 37.1 Å². The largest absolute Gasteiger partial charge is 0.382 e. The molecule has 1 unspecified atom stereocenters. The van der Waals surface area contributed by atoms with Gasteiger partial charge in [0.15, 0.2) is 0 Å². The van der Waals surface area contributed by atoms with Gasteiger partial charge in [-0.1, -0.05) is 30.3 Å². The number of aldehydes is 1. The number of amides is 2. The summed E-state index contributed by atoms with van der Waals surface area (Å²) in [7, 11) is 3.76. The summed E-state index contributed by atoms with van der Waals surface area (Å²) in [6.07, 6.45) is 7.36. The second-order valence-corrected chi connectivity index (χ2v) is 11.5. The quantitative estimate of drug-likeness (QED) is 0.267. The van der Waals surface area contributed by atoms with Crippen LogP contribution in [0.25, 0.3) is 10.9 Å². The van der Waals surface area contributed by atoms with Crippen LogP contribution in [0.4, 0.5) is 11.4 Å². The van der Waals surface area contributed by atoms with E-state index in [2.05, 4.69) is 10.3 Å². The zero-order chi connectivity index (χ0) is 29.1. The number of rotatable bonds is 9. The monoisotopic (exact) mass is 587 g/mol. The van der Waals surface area contributed by atoms with E-state index in [0.29, 0.717) is 19.5 Å². The van der Waals surface area contributed by atoms with Gasteiger partial charge in [0.2, 0.25) is 11.8 Å². The fourth-order valence-corrected chi connectivity index (χ4v) is 5.75. The Balaban J connectivity index is 0.00000405. The zero-order valence-corrected chi connectivity index (χ0v) is 25.4. The summed E-state index contributed by atoms with van der Waals surface area (Å²) in [6.45, 7) is 4.78. The number of halogens is 1. The molecule has 5 rings (SSSR count). The molecule has 3 heterocycles. The topological polar surface area (TPSA) is 87.5 Å². The first kappa shape index (κ1) is 30.8. The van der Waals surface area contributed by atoms with Crippen LogP contribution < -0.4 is 10.2 Å². The molecule has 0 spiro atoms. The Bertz CT molecular complexity index is 1580. The number of benzene rings is 2. The van der Waals surface area contributed by atoms with E-state index in [9.17, 15) is 14.4 Å². The molecule has 0 fully saturated rings. The Labute approximate surface area is 253 Å².